The molecule has 0 aromatic heterocycles. The van der Waals surface area contributed by atoms with Gasteiger partial charge < -0.3 is 0 Å². The molecule has 3 atom stereocenters. The molecule has 10 heavy (non-hydrogen) atoms. The Labute approximate surface area is 91.8 Å². The lowest BCUT2D eigenvalue weighted by Crippen LogP contribution is -2.20. The van der Waals surface area contributed by atoms with Crippen LogP contribution in [0.25, 0.3) is 0 Å². The third kappa shape index (κ3) is 3.74. The monoisotopic (exact) mass is 366 g/mol. The number of alkyl halides is 2. The van der Waals surface area contributed by atoms with Crippen molar-refractivity contribution >= 4 is 45.2 Å². The largest absolute Gasteiger partial charge is 0.0815 e. The summed E-state index contributed by atoms with van der Waals surface area (Å²) in [4.78, 5) is 0. The van der Waals surface area contributed by atoms with E-state index in [2.05, 4.69) is 66.0 Å². The van der Waals surface area contributed by atoms with Crippen molar-refractivity contribution in [3.63, 3.8) is 0 Å². The highest BCUT2D eigenvalue weighted by atomic mass is 127. The van der Waals surface area contributed by atoms with Crippen LogP contribution in [0.2, 0.25) is 0 Å². The molecule has 0 radical (unpaired) electrons. The van der Waals surface area contributed by atoms with E-state index in [0.717, 1.165) is 13.8 Å². The third-order valence-electron chi connectivity index (χ3n) is 1.92. The van der Waals surface area contributed by atoms with Gasteiger partial charge in [-0.2, -0.15) is 0 Å². The van der Waals surface area contributed by atoms with Gasteiger partial charge in [0.15, 0.2) is 0 Å². The first-order valence-electron chi connectivity index (χ1n) is 3.91. The van der Waals surface area contributed by atoms with Crippen molar-refractivity contribution in [2.24, 2.45) is 5.92 Å². The summed E-state index contributed by atoms with van der Waals surface area (Å²) >= 11 is 5.15. The Hall–Kier alpha value is 1.46. The first-order valence-corrected chi connectivity index (χ1v) is 6.40. The number of halogens is 2. The van der Waals surface area contributed by atoms with Crippen molar-refractivity contribution in [3.8, 4) is 0 Å². The van der Waals surface area contributed by atoms with Crippen LogP contribution >= 0.6 is 45.2 Å². The molecular weight excluding hydrogens is 350 g/mol. The van der Waals surface area contributed by atoms with E-state index in [1.54, 1.807) is 0 Å². The fourth-order valence-corrected chi connectivity index (χ4v) is 2.53. The quantitative estimate of drug-likeness (QED) is 0.520. The minimum Gasteiger partial charge on any atom is -0.0815 e. The second-order valence-electron chi connectivity index (χ2n) is 2.75. The smallest absolute Gasteiger partial charge is 0.0253 e. The van der Waals surface area contributed by atoms with Crippen molar-refractivity contribution < 1.29 is 0 Å². The maximum Gasteiger partial charge on any atom is 0.0253 e. The molecule has 62 valence electrons. The minimum atomic E-state index is 0.855. The van der Waals surface area contributed by atoms with Crippen molar-refractivity contribution in [1.82, 2.24) is 0 Å². The average Bonchev–Trinajstić information content (AvgIpc) is 2.00. The topological polar surface area (TPSA) is 0 Å². The van der Waals surface area contributed by atoms with Crippen LogP contribution in [0.15, 0.2) is 0 Å². The molecule has 0 bridgehead atoms. The SMILES string of the molecule is CCC(C)C(I)C(I)CC. The molecule has 3 unspecified atom stereocenters. The van der Waals surface area contributed by atoms with Gasteiger partial charge in [-0.25, -0.2) is 0 Å². The molecule has 0 rings (SSSR count). The normalized spacial score (nSPS) is 20.1. The van der Waals surface area contributed by atoms with Crippen LogP contribution in [0.5, 0.6) is 0 Å². The van der Waals surface area contributed by atoms with E-state index >= 15 is 0 Å². The molecule has 0 aromatic carbocycles. The maximum absolute atomic E-state index is 2.59. The molecule has 0 fully saturated rings. The van der Waals surface area contributed by atoms with E-state index in [4.69, 9.17) is 0 Å². The fraction of sp³-hybridized carbons (Fsp3) is 1.00. The fourth-order valence-electron chi connectivity index (χ4n) is 0.807. The zero-order valence-corrected chi connectivity index (χ0v) is 11.2. The first kappa shape index (κ1) is 11.5. The summed E-state index contributed by atoms with van der Waals surface area (Å²) in [5, 5.41) is 0. The highest BCUT2D eigenvalue weighted by Gasteiger charge is 2.18. The lowest BCUT2D eigenvalue weighted by molar-refractivity contribution is 0.537. The molecule has 0 aliphatic carbocycles. The van der Waals surface area contributed by atoms with Gasteiger partial charge in [-0.3, -0.25) is 0 Å². The van der Waals surface area contributed by atoms with Crippen molar-refractivity contribution in [2.45, 2.75) is 41.5 Å². The summed E-state index contributed by atoms with van der Waals surface area (Å²) in [6, 6.07) is 0. The van der Waals surface area contributed by atoms with Gasteiger partial charge in [-0.15, -0.1) is 0 Å². The zero-order chi connectivity index (χ0) is 8.15. The van der Waals surface area contributed by atoms with E-state index in [-0.39, 0.29) is 0 Å². The van der Waals surface area contributed by atoms with E-state index < -0.39 is 0 Å². The minimum absolute atomic E-state index is 0.855. The Bertz CT molecular complexity index is 73.3. The molecule has 0 aliphatic heterocycles. The molecule has 0 spiro atoms. The Morgan fingerprint density at radius 3 is 1.90 bits per heavy atom. The molecule has 0 amide bonds. The van der Waals surface area contributed by atoms with E-state index in [9.17, 15) is 0 Å². The van der Waals surface area contributed by atoms with Gasteiger partial charge in [0.25, 0.3) is 0 Å². The molecule has 2 heteroatoms. The van der Waals surface area contributed by atoms with Crippen LogP contribution in [0.4, 0.5) is 0 Å². The first-order chi connectivity index (χ1) is 4.63. The standard InChI is InChI=1S/C8H16I2/c1-4-6(3)8(10)7(9)5-2/h6-8H,4-5H2,1-3H3. The van der Waals surface area contributed by atoms with Crippen molar-refractivity contribution in [3.05, 3.63) is 0 Å². The van der Waals surface area contributed by atoms with Crippen molar-refractivity contribution in [1.29, 1.82) is 0 Å². The lowest BCUT2D eigenvalue weighted by atomic mass is 10.0. The Morgan fingerprint density at radius 1 is 1.10 bits per heavy atom. The van der Waals surface area contributed by atoms with Crippen LogP contribution in [-0.4, -0.2) is 7.85 Å². The molecule has 0 aromatic rings. The van der Waals surface area contributed by atoms with Crippen LogP contribution in [0.1, 0.15) is 33.6 Å². The number of hydrogen-bond acceptors (Lipinski definition) is 0. The highest BCUT2D eigenvalue weighted by molar-refractivity contribution is 14.1. The predicted octanol–water partition coefficient (Wildman–Crippen LogP) is 4.05. The van der Waals surface area contributed by atoms with Gasteiger partial charge in [0.1, 0.15) is 0 Å². The van der Waals surface area contributed by atoms with Gasteiger partial charge in [0.2, 0.25) is 0 Å². The summed E-state index contributed by atoms with van der Waals surface area (Å²) in [6.07, 6.45) is 2.62. The molecule has 0 nitrogen and oxygen atoms in total. The van der Waals surface area contributed by atoms with E-state index in [0.29, 0.717) is 0 Å². The lowest BCUT2D eigenvalue weighted by Gasteiger charge is -2.20. The zero-order valence-electron chi connectivity index (χ0n) is 6.90. The summed E-state index contributed by atoms with van der Waals surface area (Å²) in [5.41, 5.74) is 0. The number of rotatable bonds is 4. The molecule has 0 heterocycles. The molecule has 0 saturated heterocycles. The molecule has 0 saturated carbocycles. The summed E-state index contributed by atoms with van der Waals surface area (Å²) in [5.74, 6) is 0.877. The molecule has 0 N–H and O–H groups in total. The summed E-state index contributed by atoms with van der Waals surface area (Å²) in [7, 11) is 0. The third-order valence-corrected chi connectivity index (χ3v) is 7.05. The highest BCUT2D eigenvalue weighted by Crippen LogP contribution is 2.26. The van der Waals surface area contributed by atoms with E-state index in [1.165, 1.54) is 12.8 Å². The van der Waals surface area contributed by atoms with Crippen LogP contribution < -0.4 is 0 Å². The average molecular weight is 366 g/mol. The van der Waals surface area contributed by atoms with Gasteiger partial charge >= 0.3 is 0 Å². The molecule has 0 aliphatic rings. The maximum atomic E-state index is 2.59. The molecular formula is C8H16I2. The Balaban J connectivity index is 3.69. The Kier molecular flexibility index (Phi) is 6.91. The van der Waals surface area contributed by atoms with Crippen LogP contribution in [0, 0.1) is 5.92 Å². The van der Waals surface area contributed by atoms with Gasteiger partial charge in [-0.05, 0) is 12.3 Å². The van der Waals surface area contributed by atoms with E-state index in [1.807, 2.05) is 0 Å². The summed E-state index contributed by atoms with van der Waals surface area (Å²) in [6.45, 7) is 6.89. The van der Waals surface area contributed by atoms with Crippen LogP contribution in [0.3, 0.4) is 0 Å². The van der Waals surface area contributed by atoms with Crippen molar-refractivity contribution in [2.75, 3.05) is 0 Å². The second kappa shape index (κ2) is 6.03. The van der Waals surface area contributed by atoms with Gasteiger partial charge in [0, 0.05) is 7.85 Å². The second-order valence-corrected chi connectivity index (χ2v) is 5.79. The Morgan fingerprint density at radius 2 is 1.60 bits per heavy atom. The van der Waals surface area contributed by atoms with Crippen LogP contribution in [-0.2, 0) is 0 Å². The summed E-state index contributed by atoms with van der Waals surface area (Å²) < 4.78 is 1.71. The number of hydrogen-bond donors (Lipinski definition) is 0. The van der Waals surface area contributed by atoms with Gasteiger partial charge in [0.05, 0.1) is 0 Å². The predicted molar refractivity (Wildman–Crippen MR) is 65.4 cm³/mol. The van der Waals surface area contributed by atoms with Gasteiger partial charge in [-0.1, -0.05) is 72.4 Å².